The zero-order valence-electron chi connectivity index (χ0n) is 16.7. The van der Waals surface area contributed by atoms with Crippen LogP contribution in [0, 0.1) is 5.92 Å². The maximum atomic E-state index is 12.9. The van der Waals surface area contributed by atoms with Crippen LogP contribution in [-0.4, -0.2) is 44.6 Å². The largest absolute Gasteiger partial charge is 0.467 e. The maximum Gasteiger partial charge on any atom is 0.255 e. The van der Waals surface area contributed by atoms with E-state index in [1.54, 1.807) is 29.6 Å². The first-order chi connectivity index (χ1) is 14.0. The molecule has 1 fully saturated rings. The van der Waals surface area contributed by atoms with Crippen molar-refractivity contribution >= 4 is 22.8 Å². The molecule has 0 radical (unpaired) electrons. The van der Waals surface area contributed by atoms with Crippen molar-refractivity contribution in [2.24, 2.45) is 5.92 Å². The van der Waals surface area contributed by atoms with E-state index in [0.717, 1.165) is 16.8 Å². The number of nitrogens with zero attached hydrogens (tertiary/aromatic N) is 4. The van der Waals surface area contributed by atoms with Crippen molar-refractivity contribution in [3.63, 3.8) is 0 Å². The van der Waals surface area contributed by atoms with Crippen LogP contribution in [-0.2, 0) is 11.3 Å². The Hall–Kier alpha value is -3.16. The molecule has 0 aromatic carbocycles. The number of carbonyl (C=O) groups excluding carboxylic acids is 2. The van der Waals surface area contributed by atoms with Crippen molar-refractivity contribution in [1.82, 2.24) is 25.0 Å². The van der Waals surface area contributed by atoms with E-state index < -0.39 is 0 Å². The summed E-state index contributed by atoms with van der Waals surface area (Å²) in [6.45, 7) is 5.59. The maximum absolute atomic E-state index is 12.9. The molecule has 3 aromatic heterocycles. The summed E-state index contributed by atoms with van der Waals surface area (Å²) in [5.41, 5.74) is 1.34. The normalized spacial score (nSPS) is 15.2. The molecule has 152 valence electrons. The predicted octanol–water partition coefficient (Wildman–Crippen LogP) is 2.77. The highest BCUT2D eigenvalue weighted by atomic mass is 16.3. The average Bonchev–Trinajstić information content (AvgIpc) is 3.40. The highest BCUT2D eigenvalue weighted by Gasteiger charge is 2.28. The minimum Gasteiger partial charge on any atom is -0.467 e. The highest BCUT2D eigenvalue weighted by molar-refractivity contribution is 5.97. The molecule has 4 heterocycles. The second-order valence-electron chi connectivity index (χ2n) is 7.68. The monoisotopic (exact) mass is 395 g/mol. The summed E-state index contributed by atoms with van der Waals surface area (Å²) in [7, 11) is 0. The minimum atomic E-state index is -0.0844. The molecular formula is C21H25N5O3. The van der Waals surface area contributed by atoms with Crippen LogP contribution >= 0.6 is 0 Å². The molecule has 0 bridgehead atoms. The number of hydrogen-bond donors (Lipinski definition) is 1. The number of hydrogen-bond acceptors (Lipinski definition) is 5. The van der Waals surface area contributed by atoms with Crippen LogP contribution in [0.25, 0.3) is 11.0 Å². The van der Waals surface area contributed by atoms with Crippen molar-refractivity contribution < 1.29 is 14.0 Å². The van der Waals surface area contributed by atoms with Gasteiger partial charge in [0, 0.05) is 36.6 Å². The van der Waals surface area contributed by atoms with Crippen molar-refractivity contribution in [2.75, 3.05) is 13.1 Å². The second-order valence-corrected chi connectivity index (χ2v) is 7.68. The van der Waals surface area contributed by atoms with Gasteiger partial charge in [0.15, 0.2) is 5.65 Å². The summed E-state index contributed by atoms with van der Waals surface area (Å²) in [6.07, 6.45) is 6.25. The van der Waals surface area contributed by atoms with Crippen molar-refractivity contribution in [1.29, 1.82) is 0 Å². The van der Waals surface area contributed by atoms with Crippen LogP contribution in [0.3, 0.4) is 0 Å². The molecule has 0 saturated carbocycles. The summed E-state index contributed by atoms with van der Waals surface area (Å²) in [4.78, 5) is 31.5. The van der Waals surface area contributed by atoms with Gasteiger partial charge in [0.2, 0.25) is 5.91 Å². The molecule has 0 aliphatic carbocycles. The van der Waals surface area contributed by atoms with Gasteiger partial charge in [0.05, 0.1) is 24.6 Å². The fourth-order valence-corrected chi connectivity index (χ4v) is 3.69. The topological polar surface area (TPSA) is 93.3 Å². The predicted molar refractivity (Wildman–Crippen MR) is 107 cm³/mol. The molecule has 29 heavy (non-hydrogen) atoms. The zero-order chi connectivity index (χ0) is 20.4. The van der Waals surface area contributed by atoms with Crippen molar-refractivity contribution in [2.45, 2.75) is 39.3 Å². The Morgan fingerprint density at radius 2 is 2.07 bits per heavy atom. The number of furan rings is 1. The number of piperidine rings is 1. The third-order valence-electron chi connectivity index (χ3n) is 5.34. The fraction of sp³-hybridized carbons (Fsp3) is 0.429. The first kappa shape index (κ1) is 19.2. The van der Waals surface area contributed by atoms with Crippen LogP contribution in [0.4, 0.5) is 0 Å². The van der Waals surface area contributed by atoms with Gasteiger partial charge >= 0.3 is 0 Å². The highest BCUT2D eigenvalue weighted by Crippen LogP contribution is 2.21. The Morgan fingerprint density at radius 3 is 2.76 bits per heavy atom. The first-order valence-electron chi connectivity index (χ1n) is 9.95. The number of fused-ring (bicyclic) bond motifs is 1. The molecule has 3 aromatic rings. The second kappa shape index (κ2) is 8.06. The Bertz CT molecular complexity index is 1000. The van der Waals surface area contributed by atoms with E-state index >= 15 is 0 Å². The number of nitrogens with one attached hydrogen (secondary N) is 1. The molecule has 1 aliphatic heterocycles. The molecule has 0 unspecified atom stereocenters. The number of aromatic nitrogens is 3. The third kappa shape index (κ3) is 4.01. The Balaban J connectivity index is 1.35. The van der Waals surface area contributed by atoms with E-state index in [1.165, 1.54) is 0 Å². The van der Waals surface area contributed by atoms with E-state index in [2.05, 4.69) is 15.4 Å². The van der Waals surface area contributed by atoms with Gasteiger partial charge < -0.3 is 14.6 Å². The molecule has 1 aliphatic rings. The summed E-state index contributed by atoms with van der Waals surface area (Å²) in [5, 5.41) is 8.12. The van der Waals surface area contributed by atoms with Crippen LogP contribution < -0.4 is 5.32 Å². The smallest absolute Gasteiger partial charge is 0.255 e. The molecule has 1 saturated heterocycles. The van der Waals surface area contributed by atoms with Gasteiger partial charge in [-0.25, -0.2) is 9.67 Å². The molecule has 0 spiro atoms. The first-order valence-corrected chi connectivity index (χ1v) is 9.95. The van der Waals surface area contributed by atoms with Crippen molar-refractivity contribution in [3.05, 3.63) is 48.2 Å². The van der Waals surface area contributed by atoms with Gasteiger partial charge in [-0.2, -0.15) is 5.10 Å². The lowest BCUT2D eigenvalue weighted by Crippen LogP contribution is -2.42. The van der Waals surface area contributed by atoms with Gasteiger partial charge in [-0.05, 0) is 44.9 Å². The van der Waals surface area contributed by atoms with E-state index in [0.29, 0.717) is 38.0 Å². The van der Waals surface area contributed by atoms with Gasteiger partial charge in [0.1, 0.15) is 5.76 Å². The van der Waals surface area contributed by atoms with Gasteiger partial charge in [0.25, 0.3) is 5.91 Å². The molecule has 2 amide bonds. The lowest BCUT2D eigenvalue weighted by molar-refractivity contribution is -0.126. The number of pyridine rings is 1. The summed E-state index contributed by atoms with van der Waals surface area (Å²) in [6, 6.07) is 5.68. The third-order valence-corrected chi connectivity index (χ3v) is 5.34. The molecular weight excluding hydrogens is 370 g/mol. The van der Waals surface area contributed by atoms with Crippen LogP contribution in [0.15, 0.2) is 41.3 Å². The average molecular weight is 395 g/mol. The number of rotatable bonds is 5. The SMILES string of the molecule is CC(C)n1ncc2cc(C(=O)N3CCC(C(=O)NCc4ccco4)CC3)cnc21. The summed E-state index contributed by atoms with van der Waals surface area (Å²) in [5.74, 6) is 0.609. The van der Waals surface area contributed by atoms with Crippen LogP contribution in [0.2, 0.25) is 0 Å². The minimum absolute atomic E-state index is 0.0117. The number of likely N-dealkylation sites (tertiary alicyclic amines) is 1. The Kier molecular flexibility index (Phi) is 5.33. The molecule has 4 rings (SSSR count). The zero-order valence-corrected chi connectivity index (χ0v) is 16.7. The molecule has 1 N–H and O–H groups in total. The van der Waals surface area contributed by atoms with E-state index in [9.17, 15) is 9.59 Å². The van der Waals surface area contributed by atoms with E-state index in [4.69, 9.17) is 4.42 Å². The fourth-order valence-electron chi connectivity index (χ4n) is 3.69. The number of amides is 2. The molecule has 0 atom stereocenters. The van der Waals surface area contributed by atoms with E-state index in [1.807, 2.05) is 30.7 Å². The quantitative estimate of drug-likeness (QED) is 0.717. The van der Waals surface area contributed by atoms with Crippen molar-refractivity contribution in [3.8, 4) is 0 Å². The standard InChI is InChI=1S/C21H25N5O3/c1-14(2)26-19-16(12-24-26)10-17(11-22-19)21(28)25-7-5-15(6-8-25)20(27)23-13-18-4-3-9-29-18/h3-4,9-12,14-15H,5-8,13H2,1-2H3,(H,23,27). The van der Waals surface area contributed by atoms with Gasteiger partial charge in [-0.3, -0.25) is 9.59 Å². The van der Waals surface area contributed by atoms with Crippen LogP contribution in [0.5, 0.6) is 0 Å². The van der Waals surface area contributed by atoms with Crippen LogP contribution in [0.1, 0.15) is 48.8 Å². The molecule has 8 nitrogen and oxygen atoms in total. The lowest BCUT2D eigenvalue weighted by atomic mass is 9.95. The lowest BCUT2D eigenvalue weighted by Gasteiger charge is -2.31. The number of carbonyl (C=O) groups is 2. The summed E-state index contributed by atoms with van der Waals surface area (Å²) >= 11 is 0. The van der Waals surface area contributed by atoms with E-state index in [-0.39, 0.29) is 23.8 Å². The summed E-state index contributed by atoms with van der Waals surface area (Å²) < 4.78 is 7.08. The molecule has 8 heteroatoms. The van der Waals surface area contributed by atoms with Gasteiger partial charge in [-0.1, -0.05) is 0 Å². The Morgan fingerprint density at radius 1 is 1.28 bits per heavy atom. The van der Waals surface area contributed by atoms with Gasteiger partial charge in [-0.15, -0.1) is 0 Å². The Labute approximate surface area is 168 Å².